The van der Waals surface area contributed by atoms with Crippen molar-refractivity contribution in [2.45, 2.75) is 13.5 Å². The molecule has 0 radical (unpaired) electrons. The van der Waals surface area contributed by atoms with Crippen molar-refractivity contribution >= 4 is 45.4 Å². The van der Waals surface area contributed by atoms with Crippen molar-refractivity contribution in [1.29, 1.82) is 0 Å². The Morgan fingerprint density at radius 3 is 2.65 bits per heavy atom. The minimum absolute atomic E-state index is 0.00841. The molecule has 4 rings (SSSR count). The molecule has 0 bridgehead atoms. The van der Waals surface area contributed by atoms with Crippen LogP contribution in [0.15, 0.2) is 62.2 Å². The second-order valence-corrected chi connectivity index (χ2v) is 8.91. The van der Waals surface area contributed by atoms with E-state index in [2.05, 4.69) is 26.1 Å². The maximum atomic E-state index is 13.2. The monoisotopic (exact) mass is 541 g/mol. The van der Waals surface area contributed by atoms with E-state index in [0.717, 1.165) is 15.6 Å². The van der Waals surface area contributed by atoms with Gasteiger partial charge in [0.1, 0.15) is 17.0 Å². The standard InChI is InChI=1S/C24H20BrN3O5S/c1-3-32-22(29)13-21-28(14-20-26-27-23(33-20)17-6-4-5-7-18(17)25)24(30)19(34-21)12-15-8-10-16(31-2)11-9-15/h4-13H,3,14H2,1-2H3/b19-12-,21-13-. The van der Waals surface area contributed by atoms with Gasteiger partial charge in [0.25, 0.3) is 5.56 Å². The molecule has 0 saturated carbocycles. The number of hydrogen-bond donors (Lipinski definition) is 0. The van der Waals surface area contributed by atoms with Crippen molar-refractivity contribution in [1.82, 2.24) is 14.8 Å². The van der Waals surface area contributed by atoms with Gasteiger partial charge in [-0.1, -0.05) is 24.3 Å². The summed E-state index contributed by atoms with van der Waals surface area (Å²) < 4.78 is 19.1. The third-order valence-corrected chi connectivity index (χ3v) is 6.49. The third-order valence-electron chi connectivity index (χ3n) is 4.74. The average Bonchev–Trinajstić information content (AvgIpc) is 3.41. The van der Waals surface area contributed by atoms with Crippen LogP contribution in [0, 0.1) is 0 Å². The van der Waals surface area contributed by atoms with E-state index in [4.69, 9.17) is 13.9 Å². The van der Waals surface area contributed by atoms with Crippen molar-refractivity contribution in [3.63, 3.8) is 0 Å². The van der Waals surface area contributed by atoms with Gasteiger partial charge < -0.3 is 13.9 Å². The Hall–Kier alpha value is -3.50. The van der Waals surface area contributed by atoms with Crippen LogP contribution in [-0.4, -0.2) is 34.5 Å². The summed E-state index contributed by atoms with van der Waals surface area (Å²) in [7, 11) is 1.59. The molecule has 174 valence electrons. The number of thiazole rings is 1. The largest absolute Gasteiger partial charge is 0.497 e. The van der Waals surface area contributed by atoms with E-state index in [1.807, 2.05) is 48.5 Å². The van der Waals surface area contributed by atoms with E-state index in [-0.39, 0.29) is 24.6 Å². The second-order valence-electron chi connectivity index (χ2n) is 6.99. The lowest BCUT2D eigenvalue weighted by Gasteiger charge is -1.99. The maximum absolute atomic E-state index is 13.2. The topological polar surface area (TPSA) is 96.5 Å². The lowest BCUT2D eigenvalue weighted by Crippen LogP contribution is -2.32. The molecule has 0 atom stereocenters. The van der Waals surface area contributed by atoms with Crippen LogP contribution in [0.1, 0.15) is 18.4 Å². The van der Waals surface area contributed by atoms with E-state index < -0.39 is 5.97 Å². The second kappa shape index (κ2) is 10.6. The Balaban J connectivity index is 1.75. The number of nitrogens with zero attached hydrogens (tertiary/aromatic N) is 3. The molecule has 4 aromatic rings. The van der Waals surface area contributed by atoms with Gasteiger partial charge in [0.15, 0.2) is 0 Å². The molecule has 2 aromatic carbocycles. The molecule has 0 aliphatic heterocycles. The molecule has 0 N–H and O–H groups in total. The molecule has 2 aromatic heterocycles. The van der Waals surface area contributed by atoms with Gasteiger partial charge in [-0.05, 0) is 58.8 Å². The van der Waals surface area contributed by atoms with E-state index in [1.165, 1.54) is 22.0 Å². The zero-order chi connectivity index (χ0) is 24.1. The molecule has 0 saturated heterocycles. The number of rotatable bonds is 7. The summed E-state index contributed by atoms with van der Waals surface area (Å²) in [5.74, 6) is 0.745. The van der Waals surface area contributed by atoms with Crippen molar-refractivity contribution in [2.24, 2.45) is 0 Å². The molecule has 0 spiro atoms. The number of carbonyl (C=O) groups excluding carboxylic acids is 1. The number of carbonyl (C=O) groups is 1. The molecule has 0 fully saturated rings. The third kappa shape index (κ3) is 5.35. The van der Waals surface area contributed by atoms with Gasteiger partial charge in [-0.25, -0.2) is 4.79 Å². The zero-order valence-electron chi connectivity index (χ0n) is 18.4. The van der Waals surface area contributed by atoms with Crippen LogP contribution in [-0.2, 0) is 16.1 Å². The number of methoxy groups -OCH3 is 1. The Morgan fingerprint density at radius 2 is 1.94 bits per heavy atom. The lowest BCUT2D eigenvalue weighted by atomic mass is 10.2. The van der Waals surface area contributed by atoms with Gasteiger partial charge in [-0.15, -0.1) is 21.5 Å². The first-order valence-electron chi connectivity index (χ1n) is 10.3. The van der Waals surface area contributed by atoms with E-state index in [1.54, 1.807) is 20.1 Å². The van der Waals surface area contributed by atoms with Crippen molar-refractivity contribution in [3.8, 4) is 17.2 Å². The van der Waals surface area contributed by atoms with Crippen LogP contribution in [0.3, 0.4) is 0 Å². The Morgan fingerprint density at radius 1 is 1.18 bits per heavy atom. The number of benzene rings is 2. The van der Waals surface area contributed by atoms with Gasteiger partial charge in [-0.2, -0.15) is 0 Å². The van der Waals surface area contributed by atoms with Crippen LogP contribution >= 0.6 is 27.3 Å². The van der Waals surface area contributed by atoms with Crippen LogP contribution < -0.4 is 19.5 Å². The highest BCUT2D eigenvalue weighted by molar-refractivity contribution is 9.10. The summed E-state index contributed by atoms with van der Waals surface area (Å²) in [4.78, 5) is 25.4. The molecule has 10 heteroatoms. The highest BCUT2D eigenvalue weighted by Gasteiger charge is 2.14. The minimum Gasteiger partial charge on any atom is -0.497 e. The zero-order valence-corrected chi connectivity index (χ0v) is 20.8. The summed E-state index contributed by atoms with van der Waals surface area (Å²) in [6.45, 7) is 1.96. The molecule has 0 unspecified atom stereocenters. The van der Waals surface area contributed by atoms with Gasteiger partial charge in [-0.3, -0.25) is 9.36 Å². The highest BCUT2D eigenvalue weighted by atomic mass is 79.9. The fourth-order valence-corrected chi connectivity index (χ4v) is 4.61. The minimum atomic E-state index is -0.534. The predicted octanol–water partition coefficient (Wildman–Crippen LogP) is 2.95. The van der Waals surface area contributed by atoms with Gasteiger partial charge in [0, 0.05) is 4.47 Å². The molecule has 0 amide bonds. The maximum Gasteiger partial charge on any atom is 0.333 e. The number of esters is 1. The Kier molecular flexibility index (Phi) is 7.39. The van der Waals surface area contributed by atoms with Crippen LogP contribution in [0.4, 0.5) is 0 Å². The predicted molar refractivity (Wildman–Crippen MR) is 132 cm³/mol. The first-order valence-corrected chi connectivity index (χ1v) is 11.9. The molecule has 0 aliphatic carbocycles. The SMILES string of the molecule is CCOC(=O)/C=c1\s/c(=C\c2ccc(OC)cc2)c(=O)n1Cc1nnc(-c2ccccc2Br)o1. The molecule has 0 aliphatic rings. The average molecular weight is 542 g/mol. The first-order chi connectivity index (χ1) is 16.5. The number of hydrogen-bond acceptors (Lipinski definition) is 8. The van der Waals surface area contributed by atoms with Gasteiger partial charge >= 0.3 is 5.97 Å². The summed E-state index contributed by atoms with van der Waals surface area (Å²) in [6.07, 6.45) is 3.05. The van der Waals surface area contributed by atoms with Crippen LogP contribution in [0.2, 0.25) is 0 Å². The molecule has 8 nitrogen and oxygen atoms in total. The number of aromatic nitrogens is 3. The van der Waals surface area contributed by atoms with Crippen molar-refractivity contribution in [3.05, 3.63) is 84.0 Å². The number of halogens is 1. The van der Waals surface area contributed by atoms with Gasteiger partial charge in [0.2, 0.25) is 11.8 Å². The van der Waals surface area contributed by atoms with Crippen LogP contribution in [0.25, 0.3) is 23.6 Å². The van der Waals surface area contributed by atoms with Crippen molar-refractivity contribution in [2.75, 3.05) is 13.7 Å². The smallest absolute Gasteiger partial charge is 0.333 e. The fraction of sp³-hybridized carbons (Fsp3) is 0.167. The van der Waals surface area contributed by atoms with E-state index in [0.29, 0.717) is 20.8 Å². The van der Waals surface area contributed by atoms with E-state index in [9.17, 15) is 9.59 Å². The fourth-order valence-electron chi connectivity index (χ4n) is 3.13. The Bertz CT molecular complexity index is 1490. The van der Waals surface area contributed by atoms with Crippen LogP contribution in [0.5, 0.6) is 5.75 Å². The van der Waals surface area contributed by atoms with E-state index >= 15 is 0 Å². The molecule has 34 heavy (non-hydrogen) atoms. The van der Waals surface area contributed by atoms with Gasteiger partial charge in [0.05, 0.1) is 29.9 Å². The number of ether oxygens (including phenoxy) is 2. The summed E-state index contributed by atoms with van der Waals surface area (Å²) >= 11 is 4.65. The first kappa shape index (κ1) is 23.7. The molecule has 2 heterocycles. The summed E-state index contributed by atoms with van der Waals surface area (Å²) in [5.41, 5.74) is 1.28. The summed E-state index contributed by atoms with van der Waals surface area (Å²) in [5, 5.41) is 8.20. The Labute approximate surface area is 206 Å². The molecular weight excluding hydrogens is 522 g/mol. The molecular formula is C24H20BrN3O5S. The quantitative estimate of drug-likeness (QED) is 0.332. The summed E-state index contributed by atoms with van der Waals surface area (Å²) in [6, 6.07) is 14.8. The van der Waals surface area contributed by atoms with Crippen molar-refractivity contribution < 1.29 is 18.7 Å². The normalized spacial score (nSPS) is 12.2. The highest BCUT2D eigenvalue weighted by Crippen LogP contribution is 2.26. The lowest BCUT2D eigenvalue weighted by molar-refractivity contribution is -0.135.